The minimum absolute atomic E-state index is 0.163. The third-order valence-corrected chi connectivity index (χ3v) is 9.33. The van der Waals surface area contributed by atoms with E-state index < -0.39 is 7.14 Å². The fourth-order valence-corrected chi connectivity index (χ4v) is 7.29. The quantitative estimate of drug-likeness (QED) is 0.433. The van der Waals surface area contributed by atoms with Gasteiger partial charge in [0.1, 0.15) is 0 Å². The van der Waals surface area contributed by atoms with Crippen molar-refractivity contribution in [1.82, 2.24) is 9.80 Å². The second kappa shape index (κ2) is 11.3. The summed E-state index contributed by atoms with van der Waals surface area (Å²) in [5, 5.41) is 1.50. The fraction of sp³-hybridized carbons (Fsp3) is 0.286. The normalized spacial score (nSPS) is 11.2. The Morgan fingerprint density at radius 2 is 0.941 bits per heavy atom. The number of amides is 2. The molecule has 6 heteroatoms. The maximum Gasteiger partial charge on any atom is 0.254 e. The highest BCUT2D eigenvalue weighted by atomic mass is 31.2. The first-order valence-corrected chi connectivity index (χ1v) is 13.6. The molecule has 0 heterocycles. The molecule has 3 aromatic rings. The van der Waals surface area contributed by atoms with Crippen molar-refractivity contribution in [2.24, 2.45) is 0 Å². The second-order valence-electron chi connectivity index (χ2n) is 7.93. The SMILES string of the molecule is CCN(CC)C(=O)c1ccccc1P(=O)(c1ccccc1)c1ccccc1C(=O)N(CC)CC. The molecular weight excluding hydrogens is 443 g/mol. The largest absolute Gasteiger partial charge is 0.339 e. The van der Waals surface area contributed by atoms with E-state index in [1.165, 1.54) is 0 Å². The average Bonchev–Trinajstić information content (AvgIpc) is 2.90. The first-order valence-electron chi connectivity index (χ1n) is 11.9. The van der Waals surface area contributed by atoms with Crippen molar-refractivity contribution in [3.05, 3.63) is 90.0 Å². The van der Waals surface area contributed by atoms with Crippen LogP contribution in [0.1, 0.15) is 48.4 Å². The van der Waals surface area contributed by atoms with E-state index in [4.69, 9.17) is 0 Å². The van der Waals surface area contributed by atoms with Gasteiger partial charge in [-0.3, -0.25) is 9.59 Å². The predicted molar refractivity (Wildman–Crippen MR) is 140 cm³/mol. The topological polar surface area (TPSA) is 57.7 Å². The lowest BCUT2D eigenvalue weighted by atomic mass is 10.2. The number of carbonyl (C=O) groups excluding carboxylic acids is 2. The molecule has 34 heavy (non-hydrogen) atoms. The molecule has 0 fully saturated rings. The summed E-state index contributed by atoms with van der Waals surface area (Å²) >= 11 is 0. The van der Waals surface area contributed by atoms with Crippen molar-refractivity contribution >= 4 is 34.9 Å². The summed E-state index contributed by atoms with van der Waals surface area (Å²) in [6.07, 6.45) is 0. The smallest absolute Gasteiger partial charge is 0.254 e. The third kappa shape index (κ3) is 4.71. The van der Waals surface area contributed by atoms with Crippen LogP contribution in [0.2, 0.25) is 0 Å². The summed E-state index contributed by atoms with van der Waals surface area (Å²) in [5.74, 6) is -0.325. The molecule has 0 radical (unpaired) electrons. The maximum atomic E-state index is 15.3. The Hall–Kier alpha value is -3.17. The van der Waals surface area contributed by atoms with Crippen LogP contribution in [0.25, 0.3) is 0 Å². The van der Waals surface area contributed by atoms with E-state index in [0.29, 0.717) is 53.2 Å². The van der Waals surface area contributed by atoms with E-state index in [9.17, 15) is 9.59 Å². The first-order chi connectivity index (χ1) is 16.4. The molecule has 0 saturated heterocycles. The Balaban J connectivity index is 2.36. The van der Waals surface area contributed by atoms with Crippen LogP contribution >= 0.6 is 7.14 Å². The van der Waals surface area contributed by atoms with E-state index >= 15 is 4.57 Å². The van der Waals surface area contributed by atoms with Gasteiger partial charge < -0.3 is 14.4 Å². The van der Waals surface area contributed by atoms with Crippen LogP contribution in [-0.2, 0) is 4.57 Å². The van der Waals surface area contributed by atoms with E-state index in [1.54, 1.807) is 58.3 Å². The van der Waals surface area contributed by atoms with Gasteiger partial charge in [-0.05, 0) is 39.8 Å². The van der Waals surface area contributed by atoms with Crippen LogP contribution in [-0.4, -0.2) is 47.8 Å². The molecule has 0 aromatic heterocycles. The molecule has 0 bridgehead atoms. The summed E-state index contributed by atoms with van der Waals surface area (Å²) in [6, 6.07) is 23.4. The van der Waals surface area contributed by atoms with E-state index in [2.05, 4.69) is 0 Å². The highest BCUT2D eigenvalue weighted by Crippen LogP contribution is 2.44. The van der Waals surface area contributed by atoms with Crippen molar-refractivity contribution in [2.75, 3.05) is 26.2 Å². The van der Waals surface area contributed by atoms with Gasteiger partial charge in [-0.25, -0.2) is 0 Å². The molecule has 0 saturated carbocycles. The van der Waals surface area contributed by atoms with Crippen molar-refractivity contribution in [3.8, 4) is 0 Å². The monoisotopic (exact) mass is 476 g/mol. The number of rotatable bonds is 9. The minimum atomic E-state index is -3.58. The molecule has 2 amide bonds. The Kier molecular flexibility index (Phi) is 8.46. The van der Waals surface area contributed by atoms with Crippen LogP contribution in [0.5, 0.6) is 0 Å². The molecule has 3 aromatic carbocycles. The molecule has 0 aliphatic heterocycles. The Morgan fingerprint density at radius 3 is 1.32 bits per heavy atom. The van der Waals surface area contributed by atoms with Crippen LogP contribution in [0, 0.1) is 0 Å². The third-order valence-electron chi connectivity index (χ3n) is 6.17. The van der Waals surface area contributed by atoms with Gasteiger partial charge in [-0.15, -0.1) is 0 Å². The van der Waals surface area contributed by atoms with Gasteiger partial charge >= 0.3 is 0 Å². The molecule has 5 nitrogen and oxygen atoms in total. The zero-order valence-electron chi connectivity index (χ0n) is 20.4. The van der Waals surface area contributed by atoms with Crippen molar-refractivity contribution in [1.29, 1.82) is 0 Å². The lowest BCUT2D eigenvalue weighted by Crippen LogP contribution is -2.39. The molecule has 0 N–H and O–H groups in total. The van der Waals surface area contributed by atoms with Crippen molar-refractivity contribution in [2.45, 2.75) is 27.7 Å². The summed E-state index contributed by atoms with van der Waals surface area (Å²) < 4.78 is 15.3. The fourth-order valence-electron chi connectivity index (χ4n) is 4.27. The van der Waals surface area contributed by atoms with Crippen molar-refractivity contribution in [3.63, 3.8) is 0 Å². The number of hydrogen-bond donors (Lipinski definition) is 0. The van der Waals surface area contributed by atoms with Gasteiger partial charge in [0.05, 0.1) is 11.1 Å². The standard InChI is InChI=1S/C28H33N2O3P/c1-5-29(6-2)27(31)23-18-12-14-20-25(23)34(33,22-16-10-9-11-17-22)26-21-15-13-19-24(26)28(32)30(7-3)8-4/h9-21H,5-8H2,1-4H3. The summed E-state index contributed by atoms with van der Waals surface area (Å²) in [7, 11) is -3.58. The van der Waals surface area contributed by atoms with Crippen LogP contribution in [0.15, 0.2) is 78.9 Å². The van der Waals surface area contributed by atoms with Crippen LogP contribution in [0.3, 0.4) is 0 Å². The van der Waals surface area contributed by atoms with Gasteiger partial charge in [0.15, 0.2) is 7.14 Å². The number of nitrogens with zero attached hydrogens (tertiary/aromatic N) is 2. The molecular formula is C28H33N2O3P. The van der Waals surface area contributed by atoms with Gasteiger partial charge in [0.25, 0.3) is 11.8 Å². The molecule has 0 aliphatic rings. The van der Waals surface area contributed by atoms with Crippen LogP contribution in [0.4, 0.5) is 0 Å². The lowest BCUT2D eigenvalue weighted by Gasteiger charge is -2.27. The summed E-state index contributed by atoms with van der Waals surface area (Å²) in [4.78, 5) is 30.4. The van der Waals surface area contributed by atoms with Crippen molar-refractivity contribution < 1.29 is 14.2 Å². The molecule has 0 aliphatic carbocycles. The summed E-state index contributed by atoms with van der Waals surface area (Å²) in [5.41, 5.74) is 0.812. The molecule has 0 atom stereocenters. The van der Waals surface area contributed by atoms with E-state index in [1.807, 2.05) is 58.0 Å². The number of carbonyl (C=O) groups is 2. The Labute approximate surface area is 202 Å². The maximum absolute atomic E-state index is 15.3. The highest BCUT2D eigenvalue weighted by molar-refractivity contribution is 7.85. The number of hydrogen-bond acceptors (Lipinski definition) is 3. The second-order valence-corrected chi connectivity index (χ2v) is 10.6. The van der Waals surface area contributed by atoms with Crippen LogP contribution < -0.4 is 15.9 Å². The van der Waals surface area contributed by atoms with Gasteiger partial charge in [0, 0.05) is 42.1 Å². The summed E-state index contributed by atoms with van der Waals surface area (Å²) in [6.45, 7) is 9.93. The zero-order valence-corrected chi connectivity index (χ0v) is 21.3. The zero-order chi connectivity index (χ0) is 24.7. The minimum Gasteiger partial charge on any atom is -0.339 e. The van der Waals surface area contributed by atoms with E-state index in [-0.39, 0.29) is 11.8 Å². The molecule has 3 rings (SSSR count). The lowest BCUT2D eigenvalue weighted by molar-refractivity contribution is 0.0766. The average molecular weight is 477 g/mol. The number of benzene rings is 3. The van der Waals surface area contributed by atoms with E-state index in [0.717, 1.165) is 0 Å². The highest BCUT2D eigenvalue weighted by Gasteiger charge is 2.37. The molecule has 0 spiro atoms. The van der Waals surface area contributed by atoms with Gasteiger partial charge in [-0.2, -0.15) is 0 Å². The Bertz CT molecular complexity index is 1110. The first kappa shape index (κ1) is 25.5. The molecule has 0 unspecified atom stereocenters. The van der Waals surface area contributed by atoms with Gasteiger partial charge in [-0.1, -0.05) is 66.7 Å². The predicted octanol–water partition coefficient (Wildman–Crippen LogP) is 4.29. The van der Waals surface area contributed by atoms with Gasteiger partial charge in [0.2, 0.25) is 0 Å². The molecule has 178 valence electrons. The Morgan fingerprint density at radius 1 is 0.588 bits per heavy atom.